The van der Waals surface area contributed by atoms with E-state index in [1.54, 1.807) is 31.4 Å². The molecule has 6 heteroatoms. The van der Waals surface area contributed by atoms with Gasteiger partial charge in [0, 0.05) is 39.0 Å². The molecule has 4 nitrogen and oxygen atoms in total. The van der Waals surface area contributed by atoms with Crippen LogP contribution in [0.5, 0.6) is 11.5 Å². The zero-order chi connectivity index (χ0) is 22.9. The van der Waals surface area contributed by atoms with Gasteiger partial charge in [-0.05, 0) is 84.5 Å². The highest BCUT2D eigenvalue weighted by Gasteiger charge is 2.35. The van der Waals surface area contributed by atoms with E-state index in [-0.39, 0.29) is 17.8 Å². The van der Waals surface area contributed by atoms with Crippen LogP contribution in [0.1, 0.15) is 35.6 Å². The minimum Gasteiger partial charge on any atom is -0.497 e. The third-order valence-electron chi connectivity index (χ3n) is 6.40. The van der Waals surface area contributed by atoms with Crippen LogP contribution in [-0.2, 0) is 11.2 Å². The lowest BCUT2D eigenvalue weighted by Crippen LogP contribution is -2.25. The molecular weight excluding hydrogens is 457 g/mol. The second-order valence-electron chi connectivity index (χ2n) is 8.39. The van der Waals surface area contributed by atoms with Crippen molar-refractivity contribution >= 4 is 40.1 Å². The fourth-order valence-corrected chi connectivity index (χ4v) is 5.17. The summed E-state index contributed by atoms with van der Waals surface area (Å²) in [6, 6.07) is 20.9. The van der Waals surface area contributed by atoms with E-state index in [0.717, 1.165) is 45.8 Å². The van der Waals surface area contributed by atoms with Gasteiger partial charge in [-0.25, -0.2) is 0 Å². The second-order valence-corrected chi connectivity index (χ2v) is 9.26. The Labute approximate surface area is 202 Å². The lowest BCUT2D eigenvalue weighted by Gasteiger charge is -2.32. The van der Waals surface area contributed by atoms with Crippen molar-refractivity contribution in [1.82, 2.24) is 4.98 Å². The van der Waals surface area contributed by atoms with Crippen LogP contribution >= 0.6 is 23.2 Å². The third-order valence-corrected chi connectivity index (χ3v) is 6.88. The number of halogens is 2. The van der Waals surface area contributed by atoms with Crippen LogP contribution in [0.3, 0.4) is 0 Å². The highest BCUT2D eigenvalue weighted by Crippen LogP contribution is 2.45. The Morgan fingerprint density at radius 2 is 1.67 bits per heavy atom. The molecule has 2 atom stereocenters. The molecule has 0 saturated heterocycles. The fraction of sp³-hybridized carbons (Fsp3) is 0.222. The van der Waals surface area contributed by atoms with Crippen molar-refractivity contribution < 1.29 is 14.3 Å². The van der Waals surface area contributed by atoms with Crippen LogP contribution in [0.4, 0.5) is 0 Å². The molecule has 0 spiro atoms. The normalized spacial score (nSPS) is 17.5. The summed E-state index contributed by atoms with van der Waals surface area (Å²) in [6.45, 7) is 0. The van der Waals surface area contributed by atoms with Gasteiger partial charge in [-0.3, -0.25) is 4.79 Å². The number of rotatable bonds is 5. The summed E-state index contributed by atoms with van der Waals surface area (Å²) in [5, 5.41) is 2.48. The Morgan fingerprint density at radius 3 is 2.39 bits per heavy atom. The predicted octanol–water partition coefficient (Wildman–Crippen LogP) is 7.17. The lowest BCUT2D eigenvalue weighted by molar-refractivity contribution is -0.135. The molecular formula is C27H23Cl2NO3. The molecule has 5 rings (SSSR count). The Morgan fingerprint density at radius 1 is 0.970 bits per heavy atom. The van der Waals surface area contributed by atoms with Crippen molar-refractivity contribution in [2.75, 3.05) is 7.11 Å². The number of benzene rings is 3. The van der Waals surface area contributed by atoms with Gasteiger partial charge >= 0.3 is 5.97 Å². The minimum atomic E-state index is -0.247. The summed E-state index contributed by atoms with van der Waals surface area (Å²) in [5.41, 5.74) is 4.62. The van der Waals surface area contributed by atoms with Crippen molar-refractivity contribution in [3.63, 3.8) is 0 Å². The SMILES string of the molecule is COc1ccc(C2c3[nH]c4ccc(Cl)cc4c3CCC2CC(=O)Oc2ccc(Cl)cc2)cc1. The Hall–Kier alpha value is -2.95. The van der Waals surface area contributed by atoms with Gasteiger partial charge in [-0.1, -0.05) is 35.3 Å². The number of methoxy groups -OCH3 is 1. The van der Waals surface area contributed by atoms with Crippen molar-refractivity contribution in [3.05, 3.63) is 93.6 Å². The van der Waals surface area contributed by atoms with Crippen LogP contribution in [0.25, 0.3) is 10.9 Å². The molecule has 1 aliphatic rings. The fourth-order valence-electron chi connectivity index (χ4n) is 4.87. The van der Waals surface area contributed by atoms with Gasteiger partial charge < -0.3 is 14.5 Å². The number of carbonyl (C=O) groups excluding carboxylic acids is 1. The first-order valence-corrected chi connectivity index (χ1v) is 11.7. The molecule has 1 N–H and O–H groups in total. The number of nitrogens with one attached hydrogen (secondary N) is 1. The van der Waals surface area contributed by atoms with Crippen LogP contribution in [0.15, 0.2) is 66.7 Å². The number of ether oxygens (including phenoxy) is 2. The van der Waals surface area contributed by atoms with E-state index in [1.807, 2.05) is 30.3 Å². The number of carbonyl (C=O) groups is 1. The smallest absolute Gasteiger partial charge is 0.311 e. The molecule has 0 aliphatic heterocycles. The van der Waals surface area contributed by atoms with Gasteiger partial charge in [0.1, 0.15) is 11.5 Å². The summed E-state index contributed by atoms with van der Waals surface area (Å²) in [5.74, 6) is 1.18. The maximum atomic E-state index is 12.9. The maximum Gasteiger partial charge on any atom is 0.311 e. The molecule has 1 heterocycles. The second kappa shape index (κ2) is 9.12. The van der Waals surface area contributed by atoms with Gasteiger partial charge in [0.25, 0.3) is 0 Å². The Kier molecular flexibility index (Phi) is 6.05. The number of H-pyrrole nitrogens is 1. The number of esters is 1. The lowest BCUT2D eigenvalue weighted by atomic mass is 9.73. The van der Waals surface area contributed by atoms with E-state index in [1.165, 1.54) is 5.56 Å². The number of fused-ring (bicyclic) bond motifs is 3. The van der Waals surface area contributed by atoms with Gasteiger partial charge in [-0.15, -0.1) is 0 Å². The van der Waals surface area contributed by atoms with E-state index < -0.39 is 0 Å². The molecule has 1 aliphatic carbocycles. The monoisotopic (exact) mass is 479 g/mol. The molecule has 2 unspecified atom stereocenters. The number of hydrogen-bond acceptors (Lipinski definition) is 3. The van der Waals surface area contributed by atoms with Crippen molar-refractivity contribution in [2.24, 2.45) is 5.92 Å². The molecule has 3 aromatic carbocycles. The molecule has 33 heavy (non-hydrogen) atoms. The summed E-state index contributed by atoms with van der Waals surface area (Å²) in [7, 11) is 1.66. The zero-order valence-corrected chi connectivity index (χ0v) is 19.6. The largest absolute Gasteiger partial charge is 0.497 e. The van der Waals surface area contributed by atoms with Crippen molar-refractivity contribution in [3.8, 4) is 11.5 Å². The molecule has 0 bridgehead atoms. The highest BCUT2D eigenvalue weighted by molar-refractivity contribution is 6.31. The van der Waals surface area contributed by atoms with E-state index in [0.29, 0.717) is 17.2 Å². The topological polar surface area (TPSA) is 51.3 Å². The first-order valence-electron chi connectivity index (χ1n) is 10.9. The molecule has 0 saturated carbocycles. The van der Waals surface area contributed by atoms with Crippen LogP contribution in [-0.4, -0.2) is 18.1 Å². The minimum absolute atomic E-state index is 0.0311. The van der Waals surface area contributed by atoms with E-state index in [2.05, 4.69) is 17.1 Å². The standard InChI is InChI=1S/C27H23Cl2NO3/c1-32-20-8-2-16(3-9-20)26-17(14-25(31)33-21-10-5-18(28)6-11-21)4-12-22-23-15-19(29)7-13-24(23)30-27(22)26/h2-3,5-11,13,15,17,26,30H,4,12,14H2,1H3. The molecule has 1 aromatic heterocycles. The highest BCUT2D eigenvalue weighted by atomic mass is 35.5. The Balaban J connectivity index is 1.49. The summed E-state index contributed by atoms with van der Waals surface area (Å²) >= 11 is 12.2. The first kappa shape index (κ1) is 21.9. The summed E-state index contributed by atoms with van der Waals surface area (Å²) in [6.07, 6.45) is 2.06. The predicted molar refractivity (Wildman–Crippen MR) is 132 cm³/mol. The van der Waals surface area contributed by atoms with E-state index in [4.69, 9.17) is 32.7 Å². The third kappa shape index (κ3) is 4.46. The van der Waals surface area contributed by atoms with E-state index in [9.17, 15) is 4.79 Å². The van der Waals surface area contributed by atoms with Crippen LogP contribution in [0, 0.1) is 5.92 Å². The van der Waals surface area contributed by atoms with Gasteiger partial charge in [0.05, 0.1) is 7.11 Å². The molecule has 0 fully saturated rings. The molecule has 0 amide bonds. The summed E-state index contributed by atoms with van der Waals surface area (Å²) < 4.78 is 11.0. The van der Waals surface area contributed by atoms with Crippen LogP contribution in [0.2, 0.25) is 10.0 Å². The summed E-state index contributed by atoms with van der Waals surface area (Å²) in [4.78, 5) is 16.5. The average molecular weight is 480 g/mol. The molecule has 0 radical (unpaired) electrons. The number of aryl methyl sites for hydroxylation is 1. The number of aromatic nitrogens is 1. The van der Waals surface area contributed by atoms with E-state index >= 15 is 0 Å². The molecule has 4 aromatic rings. The Bertz CT molecular complexity index is 1300. The quantitative estimate of drug-likeness (QED) is 0.243. The molecule has 168 valence electrons. The van der Waals surface area contributed by atoms with Crippen LogP contribution < -0.4 is 9.47 Å². The van der Waals surface area contributed by atoms with Crippen molar-refractivity contribution in [2.45, 2.75) is 25.2 Å². The van der Waals surface area contributed by atoms with Crippen molar-refractivity contribution in [1.29, 1.82) is 0 Å². The zero-order valence-electron chi connectivity index (χ0n) is 18.1. The first-order chi connectivity index (χ1) is 16.0. The number of aromatic amines is 1. The average Bonchev–Trinajstić information content (AvgIpc) is 3.18. The van der Waals surface area contributed by atoms with Gasteiger partial charge in [0.15, 0.2) is 0 Å². The van der Waals surface area contributed by atoms with Gasteiger partial charge in [-0.2, -0.15) is 0 Å². The van der Waals surface area contributed by atoms with Gasteiger partial charge in [0.2, 0.25) is 0 Å². The maximum absolute atomic E-state index is 12.9. The number of hydrogen-bond donors (Lipinski definition) is 1.